The number of hydrogen-bond acceptors (Lipinski definition) is 4. The van der Waals surface area contributed by atoms with Gasteiger partial charge in [0.2, 0.25) is 5.91 Å². The third-order valence-electron chi connectivity index (χ3n) is 2.97. The second-order valence-electron chi connectivity index (χ2n) is 5.19. The maximum atomic E-state index is 12.7. The summed E-state index contributed by atoms with van der Waals surface area (Å²) < 4.78 is 34.7. The highest BCUT2D eigenvalue weighted by Crippen LogP contribution is 2.13. The van der Waals surface area contributed by atoms with Crippen LogP contribution in [0.3, 0.4) is 0 Å². The van der Waals surface area contributed by atoms with Crippen molar-refractivity contribution in [1.82, 2.24) is 5.32 Å². The molecule has 1 amide bonds. The number of nitrogens with one attached hydrogen (secondary N) is 2. The normalized spacial score (nSPS) is 12.2. The van der Waals surface area contributed by atoms with Gasteiger partial charge in [0, 0.05) is 18.5 Å². The highest BCUT2D eigenvalue weighted by Gasteiger charge is 2.29. The standard InChI is InChI=1S/C13H19FN2O3S/c1-13(2,20(3,18)19)9-15-8-12(17)16-11-6-4-10(14)5-7-11/h4-7,15H,8-9H2,1-3H3,(H,16,17). The minimum Gasteiger partial charge on any atom is -0.325 e. The second-order valence-corrected chi connectivity index (χ2v) is 7.84. The number of carbonyl (C=O) groups excluding carboxylic acids is 1. The highest BCUT2D eigenvalue weighted by atomic mass is 32.2. The Kier molecular flexibility index (Phi) is 5.24. The summed E-state index contributed by atoms with van der Waals surface area (Å²) in [6.45, 7) is 3.33. The third-order valence-corrected chi connectivity index (χ3v) is 5.12. The molecule has 7 heteroatoms. The summed E-state index contributed by atoms with van der Waals surface area (Å²) in [5.41, 5.74) is 0.487. The first kappa shape index (κ1) is 16.6. The number of sulfone groups is 1. The molecule has 1 rings (SSSR count). The molecule has 0 fully saturated rings. The number of amides is 1. The van der Waals surface area contributed by atoms with Crippen molar-refractivity contribution in [2.75, 3.05) is 24.7 Å². The molecule has 0 aliphatic rings. The molecule has 0 aliphatic carbocycles. The van der Waals surface area contributed by atoms with Crippen molar-refractivity contribution in [3.8, 4) is 0 Å². The smallest absolute Gasteiger partial charge is 0.238 e. The molecule has 0 aliphatic heterocycles. The molecule has 5 nitrogen and oxygen atoms in total. The number of carbonyl (C=O) groups is 1. The Labute approximate surface area is 118 Å². The van der Waals surface area contributed by atoms with Gasteiger partial charge in [0.25, 0.3) is 0 Å². The van der Waals surface area contributed by atoms with E-state index < -0.39 is 14.6 Å². The van der Waals surface area contributed by atoms with Gasteiger partial charge in [-0.2, -0.15) is 0 Å². The lowest BCUT2D eigenvalue weighted by atomic mass is 10.2. The zero-order chi connectivity index (χ0) is 15.4. The SMILES string of the molecule is CC(C)(CNCC(=O)Nc1ccc(F)cc1)S(C)(=O)=O. The number of rotatable bonds is 6. The van der Waals surface area contributed by atoms with Crippen LogP contribution in [0.5, 0.6) is 0 Å². The van der Waals surface area contributed by atoms with Crippen LogP contribution in [0.4, 0.5) is 10.1 Å². The molecule has 0 atom stereocenters. The van der Waals surface area contributed by atoms with Gasteiger partial charge >= 0.3 is 0 Å². The van der Waals surface area contributed by atoms with Gasteiger partial charge in [0.1, 0.15) is 5.82 Å². The van der Waals surface area contributed by atoms with Gasteiger partial charge < -0.3 is 10.6 Å². The molecule has 0 unspecified atom stereocenters. The lowest BCUT2D eigenvalue weighted by molar-refractivity contribution is -0.115. The molecular formula is C13H19FN2O3S. The van der Waals surface area contributed by atoms with Crippen LogP contribution in [0, 0.1) is 5.82 Å². The Bertz CT molecular complexity index is 568. The molecule has 0 radical (unpaired) electrons. The fraction of sp³-hybridized carbons (Fsp3) is 0.462. The fourth-order valence-corrected chi connectivity index (χ4v) is 1.71. The minimum atomic E-state index is -3.20. The van der Waals surface area contributed by atoms with Crippen LogP contribution in [0.2, 0.25) is 0 Å². The van der Waals surface area contributed by atoms with E-state index in [0.29, 0.717) is 5.69 Å². The summed E-state index contributed by atoms with van der Waals surface area (Å²) >= 11 is 0. The maximum Gasteiger partial charge on any atom is 0.238 e. The van der Waals surface area contributed by atoms with Gasteiger partial charge in [-0.1, -0.05) is 0 Å². The van der Waals surface area contributed by atoms with E-state index >= 15 is 0 Å². The largest absolute Gasteiger partial charge is 0.325 e. The Morgan fingerprint density at radius 2 is 1.80 bits per heavy atom. The van der Waals surface area contributed by atoms with Crippen LogP contribution in [0.25, 0.3) is 0 Å². The van der Waals surface area contributed by atoms with E-state index in [9.17, 15) is 17.6 Å². The molecule has 0 heterocycles. The molecule has 0 spiro atoms. The van der Waals surface area contributed by atoms with Crippen LogP contribution in [0.1, 0.15) is 13.8 Å². The van der Waals surface area contributed by atoms with Gasteiger partial charge in [0.15, 0.2) is 9.84 Å². The predicted octanol–water partition coefficient (Wildman–Crippen LogP) is 1.18. The molecule has 0 aromatic heterocycles. The van der Waals surface area contributed by atoms with Gasteiger partial charge in [-0.05, 0) is 38.1 Å². The zero-order valence-electron chi connectivity index (χ0n) is 11.7. The summed E-state index contributed by atoms with van der Waals surface area (Å²) in [5, 5.41) is 5.37. The average Bonchev–Trinajstić information content (AvgIpc) is 2.30. The van der Waals surface area contributed by atoms with E-state index in [0.717, 1.165) is 6.26 Å². The molecule has 0 saturated carbocycles. The van der Waals surface area contributed by atoms with Crippen molar-refractivity contribution in [1.29, 1.82) is 0 Å². The van der Waals surface area contributed by atoms with Gasteiger partial charge in [-0.3, -0.25) is 4.79 Å². The summed E-state index contributed by atoms with van der Waals surface area (Å²) in [6.07, 6.45) is 1.16. The van der Waals surface area contributed by atoms with E-state index in [1.165, 1.54) is 24.3 Å². The van der Waals surface area contributed by atoms with Crippen molar-refractivity contribution in [3.63, 3.8) is 0 Å². The average molecular weight is 302 g/mol. The van der Waals surface area contributed by atoms with E-state index in [1.807, 2.05) is 0 Å². The number of benzene rings is 1. The fourth-order valence-electron chi connectivity index (χ4n) is 1.35. The van der Waals surface area contributed by atoms with E-state index in [2.05, 4.69) is 10.6 Å². The monoisotopic (exact) mass is 302 g/mol. The van der Waals surface area contributed by atoms with Crippen LogP contribution < -0.4 is 10.6 Å². The molecule has 0 saturated heterocycles. The number of hydrogen-bond donors (Lipinski definition) is 2. The summed E-state index contributed by atoms with van der Waals surface area (Å²) in [7, 11) is -3.20. The Morgan fingerprint density at radius 1 is 1.25 bits per heavy atom. The lowest BCUT2D eigenvalue weighted by Crippen LogP contribution is -2.43. The minimum absolute atomic E-state index is 0.0175. The van der Waals surface area contributed by atoms with E-state index in [4.69, 9.17) is 0 Å². The third kappa shape index (κ3) is 4.90. The molecule has 112 valence electrons. The first-order chi connectivity index (χ1) is 9.12. The summed E-state index contributed by atoms with van der Waals surface area (Å²) in [6, 6.07) is 5.40. The molecule has 20 heavy (non-hydrogen) atoms. The first-order valence-corrected chi connectivity index (χ1v) is 7.97. The molecule has 2 N–H and O–H groups in total. The van der Waals surface area contributed by atoms with Crippen molar-refractivity contribution < 1.29 is 17.6 Å². The summed E-state index contributed by atoms with van der Waals surface area (Å²) in [4.78, 5) is 11.6. The van der Waals surface area contributed by atoms with Crippen molar-refractivity contribution in [3.05, 3.63) is 30.1 Å². The zero-order valence-corrected chi connectivity index (χ0v) is 12.6. The van der Waals surface area contributed by atoms with Crippen LogP contribution in [-0.2, 0) is 14.6 Å². The first-order valence-electron chi connectivity index (χ1n) is 6.07. The number of anilines is 1. The quantitative estimate of drug-likeness (QED) is 0.827. The summed E-state index contributed by atoms with van der Waals surface area (Å²) in [5.74, 6) is -0.697. The second kappa shape index (κ2) is 6.32. The molecular weight excluding hydrogens is 283 g/mol. The van der Waals surface area contributed by atoms with Crippen molar-refractivity contribution >= 4 is 21.4 Å². The number of halogens is 1. The van der Waals surface area contributed by atoms with E-state index in [1.54, 1.807) is 13.8 Å². The topological polar surface area (TPSA) is 75.3 Å². The predicted molar refractivity (Wildman–Crippen MR) is 76.8 cm³/mol. The lowest BCUT2D eigenvalue weighted by Gasteiger charge is -2.22. The van der Waals surface area contributed by atoms with Crippen LogP contribution >= 0.6 is 0 Å². The highest BCUT2D eigenvalue weighted by molar-refractivity contribution is 7.92. The van der Waals surface area contributed by atoms with Gasteiger partial charge in [0.05, 0.1) is 11.3 Å². The molecule has 1 aromatic rings. The Hall–Kier alpha value is -1.47. The van der Waals surface area contributed by atoms with E-state index in [-0.39, 0.29) is 24.8 Å². The van der Waals surface area contributed by atoms with Crippen LogP contribution in [-0.4, -0.2) is 38.4 Å². The maximum absolute atomic E-state index is 12.7. The van der Waals surface area contributed by atoms with Crippen molar-refractivity contribution in [2.24, 2.45) is 0 Å². The Morgan fingerprint density at radius 3 is 2.30 bits per heavy atom. The van der Waals surface area contributed by atoms with Crippen molar-refractivity contribution in [2.45, 2.75) is 18.6 Å². The van der Waals surface area contributed by atoms with Gasteiger partial charge in [-0.15, -0.1) is 0 Å². The van der Waals surface area contributed by atoms with Crippen LogP contribution in [0.15, 0.2) is 24.3 Å². The molecule has 0 bridgehead atoms. The van der Waals surface area contributed by atoms with Gasteiger partial charge in [-0.25, -0.2) is 12.8 Å². The Balaban J connectivity index is 2.43. The molecule has 1 aromatic carbocycles.